The van der Waals surface area contributed by atoms with E-state index in [0.29, 0.717) is 25.9 Å². The third-order valence-electron chi connectivity index (χ3n) is 2.91. The van der Waals surface area contributed by atoms with Crippen molar-refractivity contribution in [1.82, 2.24) is 10.2 Å². The summed E-state index contributed by atoms with van der Waals surface area (Å²) in [7, 11) is 0. The van der Waals surface area contributed by atoms with Gasteiger partial charge in [0, 0.05) is 13.1 Å². The van der Waals surface area contributed by atoms with Crippen molar-refractivity contribution in [2.24, 2.45) is 0 Å². The standard InChI is InChI=1S/C12H18N4O/c13-6-3-9-16(10-4-7-14)12(17)11-5-1-2-8-15-11/h11,15H,1-5,8-10H2. The third-order valence-corrected chi connectivity index (χ3v) is 2.91. The van der Waals surface area contributed by atoms with Crippen LogP contribution >= 0.6 is 0 Å². The smallest absolute Gasteiger partial charge is 0.239 e. The van der Waals surface area contributed by atoms with Gasteiger partial charge in [0.25, 0.3) is 0 Å². The summed E-state index contributed by atoms with van der Waals surface area (Å²) in [6, 6.07) is 3.95. The van der Waals surface area contributed by atoms with Crippen LogP contribution in [0.4, 0.5) is 0 Å². The summed E-state index contributed by atoms with van der Waals surface area (Å²) >= 11 is 0. The average molecular weight is 234 g/mol. The molecule has 1 aliphatic rings. The molecule has 1 fully saturated rings. The zero-order chi connectivity index (χ0) is 12.5. The molecular formula is C12H18N4O. The van der Waals surface area contributed by atoms with Crippen molar-refractivity contribution in [2.45, 2.75) is 38.1 Å². The Balaban J connectivity index is 2.51. The van der Waals surface area contributed by atoms with Crippen molar-refractivity contribution in [3.05, 3.63) is 0 Å². The lowest BCUT2D eigenvalue weighted by Gasteiger charge is -2.29. The molecule has 5 nitrogen and oxygen atoms in total. The van der Waals surface area contributed by atoms with Crippen LogP contribution in [0.3, 0.4) is 0 Å². The van der Waals surface area contributed by atoms with Crippen LogP contribution in [0.2, 0.25) is 0 Å². The second-order valence-electron chi connectivity index (χ2n) is 4.14. The molecule has 0 bridgehead atoms. The predicted molar refractivity (Wildman–Crippen MR) is 62.7 cm³/mol. The van der Waals surface area contributed by atoms with Gasteiger partial charge in [0.1, 0.15) is 0 Å². The molecule has 17 heavy (non-hydrogen) atoms. The molecule has 1 amide bonds. The molecular weight excluding hydrogens is 216 g/mol. The first-order valence-corrected chi connectivity index (χ1v) is 6.05. The highest BCUT2D eigenvalue weighted by Crippen LogP contribution is 2.10. The van der Waals surface area contributed by atoms with Gasteiger partial charge in [-0.1, -0.05) is 6.42 Å². The zero-order valence-corrected chi connectivity index (χ0v) is 9.98. The van der Waals surface area contributed by atoms with Gasteiger partial charge in [-0.25, -0.2) is 0 Å². The van der Waals surface area contributed by atoms with E-state index < -0.39 is 0 Å². The van der Waals surface area contributed by atoms with Crippen molar-refractivity contribution in [2.75, 3.05) is 19.6 Å². The second-order valence-corrected chi connectivity index (χ2v) is 4.14. The van der Waals surface area contributed by atoms with Crippen LogP contribution in [0.1, 0.15) is 32.1 Å². The normalized spacial score (nSPS) is 19.1. The van der Waals surface area contributed by atoms with E-state index in [4.69, 9.17) is 10.5 Å². The molecule has 1 N–H and O–H groups in total. The van der Waals surface area contributed by atoms with Gasteiger partial charge >= 0.3 is 0 Å². The molecule has 0 aromatic rings. The largest absolute Gasteiger partial charge is 0.339 e. The van der Waals surface area contributed by atoms with Gasteiger partial charge in [0.05, 0.1) is 31.0 Å². The van der Waals surface area contributed by atoms with Gasteiger partial charge < -0.3 is 10.2 Å². The molecule has 1 atom stereocenters. The van der Waals surface area contributed by atoms with E-state index in [1.807, 2.05) is 12.1 Å². The van der Waals surface area contributed by atoms with E-state index in [9.17, 15) is 4.79 Å². The summed E-state index contributed by atoms with van der Waals surface area (Å²) in [5, 5.41) is 20.3. The number of hydrogen-bond donors (Lipinski definition) is 1. The van der Waals surface area contributed by atoms with E-state index in [2.05, 4.69) is 5.32 Å². The summed E-state index contributed by atoms with van der Waals surface area (Å²) < 4.78 is 0. The molecule has 0 aliphatic carbocycles. The van der Waals surface area contributed by atoms with Crippen LogP contribution in [-0.4, -0.2) is 36.5 Å². The highest BCUT2D eigenvalue weighted by atomic mass is 16.2. The van der Waals surface area contributed by atoms with Crippen LogP contribution in [-0.2, 0) is 4.79 Å². The van der Waals surface area contributed by atoms with E-state index in [-0.39, 0.29) is 11.9 Å². The Labute approximate surface area is 102 Å². The van der Waals surface area contributed by atoms with Gasteiger partial charge in [-0.05, 0) is 19.4 Å². The lowest BCUT2D eigenvalue weighted by molar-refractivity contribution is -0.133. The molecule has 0 aromatic heterocycles. The molecule has 0 spiro atoms. The number of carbonyl (C=O) groups is 1. The Morgan fingerprint density at radius 3 is 2.35 bits per heavy atom. The van der Waals surface area contributed by atoms with E-state index >= 15 is 0 Å². The summed E-state index contributed by atoms with van der Waals surface area (Å²) in [6.45, 7) is 1.73. The quantitative estimate of drug-likeness (QED) is 0.762. The van der Waals surface area contributed by atoms with Crippen molar-refractivity contribution in [3.8, 4) is 12.1 Å². The van der Waals surface area contributed by atoms with Gasteiger partial charge in [-0.15, -0.1) is 0 Å². The van der Waals surface area contributed by atoms with Crippen LogP contribution in [0.25, 0.3) is 0 Å². The maximum atomic E-state index is 12.2. The lowest BCUT2D eigenvalue weighted by Crippen LogP contribution is -2.49. The van der Waals surface area contributed by atoms with Crippen molar-refractivity contribution in [3.63, 3.8) is 0 Å². The second kappa shape index (κ2) is 7.65. The molecule has 1 rings (SSSR count). The van der Waals surface area contributed by atoms with Gasteiger partial charge in [0.2, 0.25) is 5.91 Å². The number of carbonyl (C=O) groups excluding carboxylic acids is 1. The summed E-state index contributed by atoms with van der Waals surface area (Å²) in [6.07, 6.45) is 3.68. The predicted octanol–water partition coefficient (Wildman–Crippen LogP) is 0.784. The number of amides is 1. The SMILES string of the molecule is N#CCCN(CCC#N)C(=O)C1CCCCN1. The minimum absolute atomic E-state index is 0.0372. The summed E-state index contributed by atoms with van der Waals surface area (Å²) in [5.74, 6) is 0.0372. The number of nitriles is 2. The monoisotopic (exact) mass is 234 g/mol. The highest BCUT2D eigenvalue weighted by molar-refractivity contribution is 5.82. The van der Waals surface area contributed by atoms with Crippen molar-refractivity contribution in [1.29, 1.82) is 10.5 Å². The Kier molecular flexibility index (Phi) is 6.06. The fourth-order valence-corrected chi connectivity index (χ4v) is 1.99. The first-order chi connectivity index (χ1) is 8.29. The van der Waals surface area contributed by atoms with Crippen LogP contribution in [0.15, 0.2) is 0 Å². The first-order valence-electron chi connectivity index (χ1n) is 6.05. The third kappa shape index (κ3) is 4.42. The fourth-order valence-electron chi connectivity index (χ4n) is 1.99. The summed E-state index contributed by atoms with van der Waals surface area (Å²) in [4.78, 5) is 13.8. The van der Waals surface area contributed by atoms with E-state index in [1.54, 1.807) is 4.90 Å². The molecule has 92 valence electrons. The minimum Gasteiger partial charge on any atom is -0.339 e. The molecule has 1 saturated heterocycles. The molecule has 0 aromatic carbocycles. The average Bonchev–Trinajstić information content (AvgIpc) is 2.39. The Morgan fingerprint density at radius 1 is 1.24 bits per heavy atom. The number of rotatable bonds is 5. The number of nitrogens with one attached hydrogen (secondary N) is 1. The summed E-state index contributed by atoms with van der Waals surface area (Å²) in [5.41, 5.74) is 0. The minimum atomic E-state index is -0.124. The Hall–Kier alpha value is -1.59. The number of piperidine rings is 1. The molecule has 0 saturated carbocycles. The first kappa shape index (κ1) is 13.5. The van der Waals surface area contributed by atoms with Crippen molar-refractivity contribution >= 4 is 5.91 Å². The Bertz CT molecular complexity index is 304. The maximum absolute atomic E-state index is 12.2. The van der Waals surface area contributed by atoms with Crippen LogP contribution in [0, 0.1) is 22.7 Å². The van der Waals surface area contributed by atoms with E-state index in [0.717, 1.165) is 25.8 Å². The van der Waals surface area contributed by atoms with Crippen LogP contribution in [0.5, 0.6) is 0 Å². The highest BCUT2D eigenvalue weighted by Gasteiger charge is 2.24. The zero-order valence-electron chi connectivity index (χ0n) is 9.98. The molecule has 5 heteroatoms. The lowest BCUT2D eigenvalue weighted by atomic mass is 10.0. The molecule has 1 heterocycles. The molecule has 0 radical (unpaired) electrons. The van der Waals surface area contributed by atoms with Gasteiger partial charge in [-0.3, -0.25) is 4.79 Å². The van der Waals surface area contributed by atoms with Crippen LogP contribution < -0.4 is 5.32 Å². The number of hydrogen-bond acceptors (Lipinski definition) is 4. The Morgan fingerprint density at radius 2 is 1.88 bits per heavy atom. The van der Waals surface area contributed by atoms with Gasteiger partial charge in [0.15, 0.2) is 0 Å². The molecule has 1 aliphatic heterocycles. The number of nitrogens with zero attached hydrogens (tertiary/aromatic N) is 3. The van der Waals surface area contributed by atoms with Gasteiger partial charge in [-0.2, -0.15) is 10.5 Å². The maximum Gasteiger partial charge on any atom is 0.239 e. The van der Waals surface area contributed by atoms with E-state index in [1.165, 1.54) is 0 Å². The van der Waals surface area contributed by atoms with Crippen molar-refractivity contribution < 1.29 is 4.79 Å². The molecule has 1 unspecified atom stereocenters. The topological polar surface area (TPSA) is 79.9 Å². The fraction of sp³-hybridized carbons (Fsp3) is 0.750.